The van der Waals surface area contributed by atoms with Crippen LogP contribution < -0.4 is 103 Å². The fraction of sp³-hybridized carbons (Fsp3) is 0.300. The van der Waals surface area contributed by atoms with Gasteiger partial charge in [-0.3, -0.25) is 0 Å². The van der Waals surface area contributed by atoms with E-state index in [1.165, 1.54) is 0 Å². The molecular formula is C60H63Cl3N18Na3O7PS3. The molecule has 9 aromatic heterocycles. The van der Waals surface area contributed by atoms with Gasteiger partial charge in [-0.15, -0.1) is 15.3 Å². The monoisotopic (exact) mass is 1450 g/mol. The summed E-state index contributed by atoms with van der Waals surface area (Å²) >= 11 is 23.6. The van der Waals surface area contributed by atoms with Crippen LogP contribution in [0.4, 0.5) is 0 Å². The largest absolute Gasteiger partial charge is 1.00 e. The number of halogens is 3. The minimum absolute atomic E-state index is 0. The van der Waals surface area contributed by atoms with Gasteiger partial charge in [-0.2, -0.15) is 41.8 Å². The summed E-state index contributed by atoms with van der Waals surface area (Å²) in [6.07, 6.45) is 8.89. The molecule has 0 atom stereocenters. The van der Waals surface area contributed by atoms with Crippen LogP contribution in [0.2, 0.25) is 15.5 Å². The second kappa shape index (κ2) is 39.3. The van der Waals surface area contributed by atoms with E-state index in [0.29, 0.717) is 69.6 Å². The summed E-state index contributed by atoms with van der Waals surface area (Å²) in [6, 6.07) is 25.1. The summed E-state index contributed by atoms with van der Waals surface area (Å²) in [6.45, 7) is 7.93. The summed E-state index contributed by atoms with van der Waals surface area (Å²) in [5.74, 6) is 4.73. The number of aromatic nitrogens is 18. The van der Waals surface area contributed by atoms with Gasteiger partial charge < -0.3 is 48.3 Å². The minimum atomic E-state index is -5.39. The molecule has 0 aliphatic heterocycles. The molecule has 482 valence electrons. The summed E-state index contributed by atoms with van der Waals surface area (Å²) < 4.78 is 14.6. The summed E-state index contributed by atoms with van der Waals surface area (Å²) in [7, 11) is -5.39. The van der Waals surface area contributed by atoms with E-state index in [0.717, 1.165) is 142 Å². The van der Waals surface area contributed by atoms with Gasteiger partial charge in [-0.25, -0.2) is 30.2 Å². The maximum atomic E-state index is 9.74. The number of H-pyrrole nitrogens is 3. The number of rotatable bonds is 24. The molecule has 0 saturated heterocycles. The molecule has 0 radical (unpaired) electrons. The maximum absolute atomic E-state index is 9.74. The van der Waals surface area contributed by atoms with E-state index in [9.17, 15) is 15.3 Å². The molecule has 6 N–H and O–H groups in total. The van der Waals surface area contributed by atoms with Crippen molar-refractivity contribution in [2.24, 2.45) is 0 Å². The number of aromatic amines is 3. The average Bonchev–Trinajstić information content (AvgIpc) is 1.74. The zero-order valence-corrected chi connectivity index (χ0v) is 64.6. The average molecular weight is 1450 g/mol. The second-order valence-electron chi connectivity index (χ2n) is 20.7. The number of tetrazole rings is 3. The SMILES string of the molecule is CCCCc1nc(Cl)c(CO)n1Cc1ccc(-c2cscc2-c2nnn[nH]2)cc1.CCCCc1nc(Cl)c(CO)n1Cc1ccc(-c2cscc2-c2nnn[nH]2)cc1.CCCCc1nc(Cl)c(CO)n1Cc1ccc(-c2cscc2-c2nnn[nH]2)cc1.O=P([O-])([O-])[O-].[Na+].[Na+].[Na+]. The van der Waals surface area contributed by atoms with Crippen LogP contribution in [0.3, 0.4) is 0 Å². The first-order chi connectivity index (χ1) is 44.6. The third-order valence-corrected chi connectivity index (χ3v) is 17.8. The number of thiophene rings is 3. The zero-order chi connectivity index (χ0) is 65.2. The van der Waals surface area contributed by atoms with Gasteiger partial charge in [0.1, 0.15) is 17.5 Å². The van der Waals surface area contributed by atoms with Crippen molar-refractivity contribution >= 4 is 76.6 Å². The smallest absolute Gasteiger partial charge is 0.822 e. The van der Waals surface area contributed by atoms with Crippen LogP contribution in [0, 0.1) is 0 Å². The number of nitrogens with zero attached hydrogens (tertiary/aromatic N) is 15. The van der Waals surface area contributed by atoms with Crippen LogP contribution in [-0.4, -0.2) is 106 Å². The number of hydrogen-bond donors (Lipinski definition) is 6. The first kappa shape index (κ1) is 79.4. The Balaban J connectivity index is 0.000000214. The van der Waals surface area contributed by atoms with Crippen molar-refractivity contribution in [2.45, 2.75) is 118 Å². The van der Waals surface area contributed by atoms with Crippen LogP contribution in [0.15, 0.2) is 105 Å². The topological polar surface area (TPSA) is 364 Å². The fourth-order valence-corrected chi connectivity index (χ4v) is 13.3. The molecule has 9 heterocycles. The summed E-state index contributed by atoms with van der Waals surface area (Å²) in [5, 5.41) is 85.3. The van der Waals surface area contributed by atoms with Crippen molar-refractivity contribution in [3.8, 4) is 67.5 Å². The molecule has 0 fully saturated rings. The molecule has 35 heteroatoms. The maximum Gasteiger partial charge on any atom is 1.00 e. The second-order valence-corrected chi connectivity index (χ2v) is 24.9. The third-order valence-electron chi connectivity index (χ3n) is 14.6. The molecule has 12 rings (SSSR count). The van der Waals surface area contributed by atoms with Crippen LogP contribution in [0.1, 0.15) is 111 Å². The number of unbranched alkanes of at least 4 members (excludes halogenated alkanes) is 3. The Hall–Kier alpha value is -4.54. The van der Waals surface area contributed by atoms with Gasteiger partial charge >= 0.3 is 88.7 Å². The van der Waals surface area contributed by atoms with Gasteiger partial charge in [0.25, 0.3) is 0 Å². The van der Waals surface area contributed by atoms with E-state index in [4.69, 9.17) is 54.0 Å². The van der Waals surface area contributed by atoms with Crippen molar-refractivity contribution in [3.05, 3.63) is 172 Å². The van der Waals surface area contributed by atoms with Gasteiger partial charge in [0, 0.05) is 88.4 Å². The van der Waals surface area contributed by atoms with Gasteiger partial charge in [-0.1, -0.05) is 148 Å². The molecule has 0 amide bonds. The number of aliphatic hydroxyl groups excluding tert-OH is 3. The van der Waals surface area contributed by atoms with Crippen molar-refractivity contribution in [2.75, 3.05) is 0 Å². The standard InChI is InChI=1S/3C20H21ClN6OS.3Na.H3O4P/c3*1-2-3-4-18-22-19(21)17(10-28)27(18)9-13-5-7-14(8-6-13)15-11-29-12-16(15)20-23-25-26-24-20;;;;1-5(2,3)4/h3*5-8,11-12,28H,2-4,9-10H2,1H3,(H,23,24,25,26);;;;(H3,1,2,3,4)/q;;;3*+1;/p-3. The predicted octanol–water partition coefficient (Wildman–Crippen LogP) is 1.17. The zero-order valence-electron chi connectivity index (χ0n) is 53.0. The number of nitrogens with one attached hydrogen (secondary N) is 3. The Kier molecular flexibility index (Phi) is 32.9. The Labute approximate surface area is 640 Å². The molecule has 0 unspecified atom stereocenters. The van der Waals surface area contributed by atoms with E-state index < -0.39 is 7.82 Å². The van der Waals surface area contributed by atoms with Crippen LogP contribution in [-0.2, 0) is 63.3 Å². The molecular weight excluding hydrogens is 1390 g/mol. The Morgan fingerprint density at radius 1 is 0.432 bits per heavy atom. The Morgan fingerprint density at radius 2 is 0.674 bits per heavy atom. The predicted molar refractivity (Wildman–Crippen MR) is 349 cm³/mol. The molecule has 0 aliphatic carbocycles. The first-order valence-corrected chi connectivity index (χ1v) is 34.5. The normalized spacial score (nSPS) is 10.9. The first-order valence-electron chi connectivity index (χ1n) is 29.1. The quantitative estimate of drug-likeness (QED) is 0.0365. The molecule has 95 heavy (non-hydrogen) atoms. The number of benzene rings is 3. The van der Waals surface area contributed by atoms with Gasteiger partial charge in [0.05, 0.1) is 36.9 Å². The number of imidazole rings is 3. The number of aliphatic hydroxyl groups is 3. The summed E-state index contributed by atoms with van der Waals surface area (Å²) in [4.78, 5) is 39.0. The fourth-order valence-electron chi connectivity index (χ4n) is 9.95. The van der Waals surface area contributed by atoms with Gasteiger partial charge in [-0.05, 0) is 100 Å². The molecule has 25 nitrogen and oxygen atoms in total. The molecule has 0 bridgehead atoms. The van der Waals surface area contributed by atoms with E-state index >= 15 is 0 Å². The van der Waals surface area contributed by atoms with Crippen LogP contribution in [0.25, 0.3) is 67.5 Å². The van der Waals surface area contributed by atoms with E-state index in [2.05, 4.69) is 187 Å². The molecule has 0 saturated carbocycles. The molecule has 12 aromatic rings. The van der Waals surface area contributed by atoms with Crippen LogP contribution >= 0.6 is 76.6 Å². The van der Waals surface area contributed by atoms with Crippen molar-refractivity contribution in [1.29, 1.82) is 0 Å². The van der Waals surface area contributed by atoms with Gasteiger partial charge in [0.2, 0.25) is 0 Å². The number of aryl methyl sites for hydroxylation is 3. The van der Waals surface area contributed by atoms with Crippen molar-refractivity contribution < 1.29 is 123 Å². The Morgan fingerprint density at radius 3 is 0.884 bits per heavy atom. The molecule has 0 spiro atoms. The third kappa shape index (κ3) is 21.5. The Bertz CT molecular complexity index is 3840. The number of hydrogen-bond acceptors (Lipinski definition) is 22. The van der Waals surface area contributed by atoms with E-state index in [1.54, 1.807) is 34.0 Å². The molecule has 3 aromatic carbocycles. The van der Waals surface area contributed by atoms with E-state index in [1.807, 2.05) is 29.8 Å². The van der Waals surface area contributed by atoms with Crippen LogP contribution in [0.5, 0.6) is 0 Å². The van der Waals surface area contributed by atoms with Gasteiger partial charge in [0.15, 0.2) is 32.9 Å². The van der Waals surface area contributed by atoms with E-state index in [-0.39, 0.29) is 108 Å². The summed E-state index contributed by atoms with van der Waals surface area (Å²) in [5.41, 5.74) is 14.9. The number of phosphoric acid groups is 1. The minimum Gasteiger partial charge on any atom is -0.822 e. The van der Waals surface area contributed by atoms with Crippen molar-refractivity contribution in [3.63, 3.8) is 0 Å². The van der Waals surface area contributed by atoms with Crippen molar-refractivity contribution in [1.82, 2.24) is 90.5 Å². The molecule has 0 aliphatic rings.